The number of amides is 1. The van der Waals surface area contributed by atoms with Crippen LogP contribution in [0.1, 0.15) is 52.7 Å². The molecule has 1 saturated heterocycles. The summed E-state index contributed by atoms with van der Waals surface area (Å²) >= 11 is 0. The molecule has 1 aliphatic heterocycles. The van der Waals surface area contributed by atoms with Gasteiger partial charge < -0.3 is 9.42 Å². The van der Waals surface area contributed by atoms with Gasteiger partial charge in [-0.15, -0.1) is 0 Å². The molecule has 1 fully saturated rings. The van der Waals surface area contributed by atoms with E-state index in [-0.39, 0.29) is 11.9 Å². The summed E-state index contributed by atoms with van der Waals surface area (Å²) in [7, 11) is 0. The fourth-order valence-electron chi connectivity index (χ4n) is 3.48. The Morgan fingerprint density at radius 1 is 1.00 bits per heavy atom. The van der Waals surface area contributed by atoms with E-state index in [0.29, 0.717) is 23.8 Å². The summed E-state index contributed by atoms with van der Waals surface area (Å²) in [6, 6.07) is 15.6. The van der Waals surface area contributed by atoms with Crippen molar-refractivity contribution in [1.29, 1.82) is 0 Å². The van der Waals surface area contributed by atoms with Crippen LogP contribution in [-0.4, -0.2) is 27.5 Å². The number of aromatic nitrogens is 2. The van der Waals surface area contributed by atoms with E-state index in [1.54, 1.807) is 0 Å². The molecule has 5 nitrogen and oxygen atoms in total. The number of carbonyl (C=O) groups is 1. The number of carbonyl (C=O) groups excluding carboxylic acids is 1. The van der Waals surface area contributed by atoms with Crippen molar-refractivity contribution in [2.75, 3.05) is 6.54 Å². The number of hydrogen-bond donors (Lipinski definition) is 0. The molecule has 0 radical (unpaired) electrons. The molecule has 27 heavy (non-hydrogen) atoms. The van der Waals surface area contributed by atoms with Gasteiger partial charge in [0.2, 0.25) is 11.7 Å². The molecular formula is C22H23N3O2. The van der Waals surface area contributed by atoms with Gasteiger partial charge in [0.15, 0.2) is 0 Å². The first-order valence-corrected chi connectivity index (χ1v) is 9.40. The van der Waals surface area contributed by atoms with Gasteiger partial charge in [0.05, 0.1) is 0 Å². The summed E-state index contributed by atoms with van der Waals surface area (Å²) < 4.78 is 5.57. The second-order valence-electron chi connectivity index (χ2n) is 7.20. The van der Waals surface area contributed by atoms with E-state index < -0.39 is 0 Å². The Morgan fingerprint density at radius 3 is 2.37 bits per heavy atom. The van der Waals surface area contributed by atoms with Crippen LogP contribution in [0.5, 0.6) is 0 Å². The lowest BCUT2D eigenvalue weighted by atomic mass is 10.0. The molecule has 2 heterocycles. The first-order valence-electron chi connectivity index (χ1n) is 9.40. The van der Waals surface area contributed by atoms with E-state index in [9.17, 15) is 4.79 Å². The van der Waals surface area contributed by atoms with Crippen LogP contribution in [-0.2, 0) is 0 Å². The molecule has 5 heteroatoms. The molecule has 1 aromatic heterocycles. The van der Waals surface area contributed by atoms with E-state index in [1.165, 1.54) is 5.56 Å². The lowest BCUT2D eigenvalue weighted by Gasteiger charge is -2.33. The third-order valence-electron chi connectivity index (χ3n) is 5.10. The molecular weight excluding hydrogens is 338 g/mol. The van der Waals surface area contributed by atoms with Gasteiger partial charge in [-0.2, -0.15) is 4.98 Å². The molecule has 4 rings (SSSR count). The van der Waals surface area contributed by atoms with Gasteiger partial charge in [-0.1, -0.05) is 52.7 Å². The second-order valence-corrected chi connectivity index (χ2v) is 7.20. The molecule has 0 spiro atoms. The second kappa shape index (κ2) is 7.35. The topological polar surface area (TPSA) is 59.2 Å². The Balaban J connectivity index is 1.60. The molecule has 0 bridgehead atoms. The molecule has 0 saturated carbocycles. The fourth-order valence-corrected chi connectivity index (χ4v) is 3.48. The number of benzene rings is 2. The average Bonchev–Trinajstić information content (AvgIpc) is 3.19. The molecule has 0 unspecified atom stereocenters. The Kier molecular flexibility index (Phi) is 4.75. The first-order chi connectivity index (χ1) is 13.1. The van der Waals surface area contributed by atoms with Gasteiger partial charge in [0.25, 0.3) is 5.91 Å². The van der Waals surface area contributed by atoms with E-state index in [2.05, 4.69) is 10.1 Å². The highest BCUT2D eigenvalue weighted by Gasteiger charge is 2.32. The van der Waals surface area contributed by atoms with Gasteiger partial charge in [-0.05, 0) is 45.2 Å². The van der Waals surface area contributed by atoms with Crippen LogP contribution in [0.3, 0.4) is 0 Å². The average molecular weight is 361 g/mol. The zero-order chi connectivity index (χ0) is 18.8. The molecule has 1 aliphatic rings. The largest absolute Gasteiger partial charge is 0.337 e. The quantitative estimate of drug-likeness (QED) is 0.677. The van der Waals surface area contributed by atoms with Crippen molar-refractivity contribution < 1.29 is 9.32 Å². The van der Waals surface area contributed by atoms with Gasteiger partial charge in [0.1, 0.15) is 6.04 Å². The standard InChI is InChI=1S/C22H23N3O2/c1-15-6-10-17(11-7-15)20-23-21(27-24-20)19-5-3-4-14-25(19)22(26)18-12-8-16(2)9-13-18/h6-13,19H,3-5,14H2,1-2H3/t19-/m1/s1. The molecule has 2 aromatic carbocycles. The molecule has 0 aliphatic carbocycles. The normalized spacial score (nSPS) is 17.1. The highest BCUT2D eigenvalue weighted by Crippen LogP contribution is 2.32. The number of piperidine rings is 1. The minimum atomic E-state index is -0.167. The molecule has 3 aromatic rings. The maximum absolute atomic E-state index is 13.0. The lowest BCUT2D eigenvalue weighted by Crippen LogP contribution is -2.38. The summed E-state index contributed by atoms with van der Waals surface area (Å²) in [6.45, 7) is 4.77. The first kappa shape index (κ1) is 17.5. The summed E-state index contributed by atoms with van der Waals surface area (Å²) in [5.41, 5.74) is 3.94. The molecule has 0 N–H and O–H groups in total. The van der Waals surface area contributed by atoms with Crippen molar-refractivity contribution in [3.05, 3.63) is 71.1 Å². The zero-order valence-corrected chi connectivity index (χ0v) is 15.7. The molecule has 1 amide bonds. The van der Waals surface area contributed by atoms with E-state index in [4.69, 9.17) is 4.52 Å². The monoisotopic (exact) mass is 361 g/mol. The highest BCUT2D eigenvalue weighted by molar-refractivity contribution is 5.94. The SMILES string of the molecule is Cc1ccc(C(=O)N2CCCC[C@@H]2c2nc(-c3ccc(C)cc3)no2)cc1. The number of hydrogen-bond acceptors (Lipinski definition) is 4. The summed E-state index contributed by atoms with van der Waals surface area (Å²) in [6.07, 6.45) is 2.88. The van der Waals surface area contributed by atoms with Crippen molar-refractivity contribution in [3.8, 4) is 11.4 Å². The third-order valence-corrected chi connectivity index (χ3v) is 5.10. The van der Waals surface area contributed by atoms with Crippen molar-refractivity contribution in [2.24, 2.45) is 0 Å². The van der Waals surface area contributed by atoms with Crippen molar-refractivity contribution >= 4 is 5.91 Å². The minimum Gasteiger partial charge on any atom is -0.337 e. The highest BCUT2D eigenvalue weighted by atomic mass is 16.5. The Morgan fingerprint density at radius 2 is 1.67 bits per heavy atom. The number of nitrogens with zero attached hydrogens (tertiary/aromatic N) is 3. The predicted molar refractivity (Wildman–Crippen MR) is 103 cm³/mol. The fraction of sp³-hybridized carbons (Fsp3) is 0.318. The van der Waals surface area contributed by atoms with Crippen LogP contribution < -0.4 is 0 Å². The van der Waals surface area contributed by atoms with Crippen LogP contribution in [0.25, 0.3) is 11.4 Å². The predicted octanol–water partition coefficient (Wildman–Crippen LogP) is 4.72. The number of likely N-dealkylation sites (tertiary alicyclic amines) is 1. The smallest absolute Gasteiger partial charge is 0.254 e. The van der Waals surface area contributed by atoms with Crippen molar-refractivity contribution in [3.63, 3.8) is 0 Å². The summed E-state index contributed by atoms with van der Waals surface area (Å²) in [5.74, 6) is 1.11. The van der Waals surface area contributed by atoms with Crippen LogP contribution in [0, 0.1) is 13.8 Å². The maximum atomic E-state index is 13.0. The molecule has 138 valence electrons. The Hall–Kier alpha value is -2.95. The summed E-state index contributed by atoms with van der Waals surface area (Å²) in [4.78, 5) is 19.5. The van der Waals surface area contributed by atoms with Crippen LogP contribution in [0.15, 0.2) is 53.1 Å². The summed E-state index contributed by atoms with van der Waals surface area (Å²) in [5, 5.41) is 4.15. The van der Waals surface area contributed by atoms with E-state index in [1.807, 2.05) is 67.3 Å². The van der Waals surface area contributed by atoms with Gasteiger partial charge in [0, 0.05) is 17.7 Å². The molecule has 1 atom stereocenters. The van der Waals surface area contributed by atoms with Gasteiger partial charge in [-0.25, -0.2) is 0 Å². The van der Waals surface area contributed by atoms with Gasteiger partial charge in [-0.3, -0.25) is 4.79 Å². The van der Waals surface area contributed by atoms with Gasteiger partial charge >= 0.3 is 0 Å². The maximum Gasteiger partial charge on any atom is 0.254 e. The number of rotatable bonds is 3. The van der Waals surface area contributed by atoms with Crippen molar-refractivity contribution in [1.82, 2.24) is 15.0 Å². The van der Waals surface area contributed by atoms with E-state index >= 15 is 0 Å². The zero-order valence-electron chi connectivity index (χ0n) is 15.7. The lowest BCUT2D eigenvalue weighted by molar-refractivity contribution is 0.0561. The number of aryl methyl sites for hydroxylation is 2. The third kappa shape index (κ3) is 3.63. The Labute approximate surface area is 159 Å². The minimum absolute atomic E-state index is 0.0229. The van der Waals surface area contributed by atoms with Crippen LogP contribution in [0.4, 0.5) is 0 Å². The van der Waals surface area contributed by atoms with Crippen LogP contribution >= 0.6 is 0 Å². The van der Waals surface area contributed by atoms with Crippen molar-refractivity contribution in [2.45, 2.75) is 39.2 Å². The Bertz CT molecular complexity index is 929. The van der Waals surface area contributed by atoms with E-state index in [0.717, 1.165) is 30.4 Å². The van der Waals surface area contributed by atoms with Crippen LogP contribution in [0.2, 0.25) is 0 Å².